The Bertz CT molecular complexity index is 787. The van der Waals surface area contributed by atoms with Crippen molar-refractivity contribution in [2.45, 2.75) is 18.4 Å². The van der Waals surface area contributed by atoms with Gasteiger partial charge >= 0.3 is 5.97 Å². The van der Waals surface area contributed by atoms with E-state index in [0.717, 1.165) is 21.5 Å². The standard InChI is InChI=1S/C11H11BrN4O4S/c1-7-2-8(12)3-13-11(7)15-21(19,20)9-4-14-16(5-9)6-10(17)18/h2-5H,6H2,1H3,(H,13,15)(H,17,18). The number of carbonyl (C=O) groups is 1. The molecule has 2 rings (SSSR count). The number of aliphatic carboxylic acids is 1. The van der Waals surface area contributed by atoms with E-state index in [1.165, 1.54) is 6.20 Å². The second kappa shape index (κ2) is 5.82. The number of nitrogens with zero attached hydrogens (tertiary/aromatic N) is 3. The van der Waals surface area contributed by atoms with Gasteiger partial charge < -0.3 is 5.11 Å². The number of anilines is 1. The van der Waals surface area contributed by atoms with E-state index in [2.05, 4.69) is 30.7 Å². The number of hydrogen-bond acceptors (Lipinski definition) is 5. The molecule has 0 fully saturated rings. The van der Waals surface area contributed by atoms with Gasteiger partial charge in [0.2, 0.25) is 0 Å². The normalized spacial score (nSPS) is 11.3. The second-order valence-corrected chi connectivity index (χ2v) is 6.79. The summed E-state index contributed by atoms with van der Waals surface area (Å²) in [6.07, 6.45) is 3.70. The number of carboxylic acid groups (broad SMARTS) is 1. The highest BCUT2D eigenvalue weighted by molar-refractivity contribution is 9.10. The molecule has 2 aromatic rings. The maximum absolute atomic E-state index is 12.2. The van der Waals surface area contributed by atoms with E-state index in [4.69, 9.17) is 5.11 Å². The number of aromatic nitrogens is 3. The number of rotatable bonds is 5. The van der Waals surface area contributed by atoms with Crippen LogP contribution < -0.4 is 4.72 Å². The minimum absolute atomic E-state index is 0.132. The van der Waals surface area contributed by atoms with E-state index in [1.807, 2.05) is 0 Å². The Morgan fingerprint density at radius 3 is 2.81 bits per heavy atom. The average Bonchev–Trinajstić information content (AvgIpc) is 2.81. The van der Waals surface area contributed by atoms with Crippen LogP contribution in [0.5, 0.6) is 0 Å². The van der Waals surface area contributed by atoms with Crippen LogP contribution in [0.15, 0.2) is 34.0 Å². The Morgan fingerprint density at radius 2 is 2.19 bits per heavy atom. The summed E-state index contributed by atoms with van der Waals surface area (Å²) < 4.78 is 28.4. The maximum Gasteiger partial charge on any atom is 0.325 e. The van der Waals surface area contributed by atoms with Gasteiger partial charge in [-0.25, -0.2) is 13.4 Å². The number of hydrogen-bond donors (Lipinski definition) is 2. The van der Waals surface area contributed by atoms with Crippen LogP contribution in [-0.4, -0.2) is 34.3 Å². The first kappa shape index (κ1) is 15.4. The van der Waals surface area contributed by atoms with E-state index in [1.54, 1.807) is 13.0 Å². The molecule has 0 saturated heterocycles. The van der Waals surface area contributed by atoms with Crippen molar-refractivity contribution in [3.63, 3.8) is 0 Å². The van der Waals surface area contributed by atoms with Crippen molar-refractivity contribution in [1.82, 2.24) is 14.8 Å². The van der Waals surface area contributed by atoms with E-state index in [-0.39, 0.29) is 10.7 Å². The Labute approximate surface area is 129 Å². The molecular formula is C11H11BrN4O4S. The molecule has 0 spiro atoms. The summed E-state index contributed by atoms with van der Waals surface area (Å²) >= 11 is 3.24. The minimum Gasteiger partial charge on any atom is -0.480 e. The van der Waals surface area contributed by atoms with Crippen LogP contribution in [0, 0.1) is 6.92 Å². The second-order valence-electron chi connectivity index (χ2n) is 4.19. The molecule has 0 aliphatic carbocycles. The lowest BCUT2D eigenvalue weighted by atomic mass is 10.3. The topological polar surface area (TPSA) is 114 Å². The highest BCUT2D eigenvalue weighted by Crippen LogP contribution is 2.20. The number of aryl methyl sites for hydroxylation is 1. The minimum atomic E-state index is -3.87. The van der Waals surface area contributed by atoms with Crippen molar-refractivity contribution in [2.24, 2.45) is 0 Å². The Hall–Kier alpha value is -1.94. The van der Waals surface area contributed by atoms with E-state index >= 15 is 0 Å². The Kier molecular flexibility index (Phi) is 4.28. The van der Waals surface area contributed by atoms with E-state index < -0.39 is 22.5 Å². The molecule has 0 bridgehead atoms. The summed E-state index contributed by atoms with van der Waals surface area (Å²) in [6.45, 7) is 1.30. The molecular weight excluding hydrogens is 364 g/mol. The first-order valence-corrected chi connectivity index (χ1v) is 7.95. The van der Waals surface area contributed by atoms with Gasteiger partial charge in [-0.1, -0.05) is 0 Å². The SMILES string of the molecule is Cc1cc(Br)cnc1NS(=O)(=O)c1cnn(CC(=O)O)c1. The van der Waals surface area contributed by atoms with Gasteiger partial charge in [0.15, 0.2) is 0 Å². The van der Waals surface area contributed by atoms with Gasteiger partial charge in [0, 0.05) is 16.9 Å². The third-order valence-electron chi connectivity index (χ3n) is 2.49. The summed E-state index contributed by atoms with van der Waals surface area (Å²) in [6, 6.07) is 1.72. The van der Waals surface area contributed by atoms with Crippen LogP contribution in [0.25, 0.3) is 0 Å². The fraction of sp³-hybridized carbons (Fsp3) is 0.182. The molecule has 2 heterocycles. The van der Waals surface area contributed by atoms with Crippen LogP contribution >= 0.6 is 15.9 Å². The molecule has 0 radical (unpaired) electrons. The molecule has 0 aliphatic rings. The van der Waals surface area contributed by atoms with Crippen LogP contribution in [0.4, 0.5) is 5.82 Å². The quantitative estimate of drug-likeness (QED) is 0.813. The monoisotopic (exact) mass is 374 g/mol. The third-order valence-corrected chi connectivity index (χ3v) is 4.22. The summed E-state index contributed by atoms with van der Waals surface area (Å²) in [4.78, 5) is 14.4. The Morgan fingerprint density at radius 1 is 1.48 bits per heavy atom. The lowest BCUT2D eigenvalue weighted by Gasteiger charge is -2.08. The van der Waals surface area contributed by atoms with Crippen LogP contribution in [-0.2, 0) is 21.4 Å². The number of nitrogens with one attached hydrogen (secondary N) is 1. The van der Waals surface area contributed by atoms with Crippen molar-refractivity contribution < 1.29 is 18.3 Å². The predicted octanol–water partition coefficient (Wildman–Crippen LogP) is 1.23. The van der Waals surface area contributed by atoms with Crippen molar-refractivity contribution in [1.29, 1.82) is 0 Å². The summed E-state index contributed by atoms with van der Waals surface area (Å²) in [5.74, 6) is -0.912. The summed E-state index contributed by atoms with van der Waals surface area (Å²) in [7, 11) is -3.87. The van der Waals surface area contributed by atoms with Gasteiger partial charge in [0.05, 0.1) is 6.20 Å². The molecule has 21 heavy (non-hydrogen) atoms. The van der Waals surface area contributed by atoms with Gasteiger partial charge in [0.25, 0.3) is 10.0 Å². The summed E-state index contributed by atoms with van der Waals surface area (Å²) in [5.41, 5.74) is 0.644. The number of halogens is 1. The lowest BCUT2D eigenvalue weighted by Crippen LogP contribution is -2.14. The smallest absolute Gasteiger partial charge is 0.325 e. The van der Waals surface area contributed by atoms with E-state index in [9.17, 15) is 13.2 Å². The zero-order valence-electron chi connectivity index (χ0n) is 10.8. The van der Waals surface area contributed by atoms with Crippen molar-refractivity contribution in [2.75, 3.05) is 4.72 Å². The molecule has 0 aromatic carbocycles. The largest absolute Gasteiger partial charge is 0.480 e. The lowest BCUT2D eigenvalue weighted by molar-refractivity contribution is -0.137. The maximum atomic E-state index is 12.2. The molecule has 112 valence electrons. The fourth-order valence-corrected chi connectivity index (χ4v) is 3.02. The molecule has 0 atom stereocenters. The molecule has 2 aromatic heterocycles. The number of pyridine rings is 1. The molecule has 0 unspecified atom stereocenters. The molecule has 0 aliphatic heterocycles. The van der Waals surface area contributed by atoms with Crippen LogP contribution in [0.1, 0.15) is 5.56 Å². The van der Waals surface area contributed by atoms with E-state index in [0.29, 0.717) is 5.56 Å². The molecule has 2 N–H and O–H groups in total. The molecule has 0 amide bonds. The first-order valence-electron chi connectivity index (χ1n) is 5.67. The van der Waals surface area contributed by atoms with Gasteiger partial charge in [0.1, 0.15) is 17.3 Å². The van der Waals surface area contributed by atoms with Crippen LogP contribution in [0.2, 0.25) is 0 Å². The zero-order chi connectivity index (χ0) is 15.6. The van der Waals surface area contributed by atoms with Gasteiger partial charge in [-0.15, -0.1) is 0 Å². The van der Waals surface area contributed by atoms with Gasteiger partial charge in [-0.05, 0) is 34.5 Å². The average molecular weight is 375 g/mol. The zero-order valence-corrected chi connectivity index (χ0v) is 13.2. The summed E-state index contributed by atoms with van der Waals surface area (Å²) in [5, 5.41) is 12.3. The van der Waals surface area contributed by atoms with Crippen molar-refractivity contribution in [3.8, 4) is 0 Å². The number of sulfonamides is 1. The Balaban J connectivity index is 2.25. The molecule has 10 heteroatoms. The van der Waals surface area contributed by atoms with Crippen molar-refractivity contribution >= 4 is 37.7 Å². The highest BCUT2D eigenvalue weighted by Gasteiger charge is 2.19. The first-order chi connectivity index (χ1) is 9.78. The van der Waals surface area contributed by atoms with Crippen molar-refractivity contribution in [3.05, 3.63) is 34.7 Å². The molecule has 0 saturated carbocycles. The number of carboxylic acids is 1. The highest BCUT2D eigenvalue weighted by atomic mass is 79.9. The van der Waals surface area contributed by atoms with Crippen LogP contribution in [0.3, 0.4) is 0 Å². The van der Waals surface area contributed by atoms with Gasteiger partial charge in [-0.2, -0.15) is 5.10 Å². The molecule has 8 nitrogen and oxygen atoms in total. The fourth-order valence-electron chi connectivity index (χ4n) is 1.54. The van der Waals surface area contributed by atoms with Gasteiger partial charge in [-0.3, -0.25) is 14.2 Å². The predicted molar refractivity (Wildman–Crippen MR) is 77.3 cm³/mol. The third kappa shape index (κ3) is 3.79.